The Kier molecular flexibility index (Phi) is 4.68. The molecule has 2 rings (SSSR count). The van der Waals surface area contributed by atoms with Gasteiger partial charge in [0, 0.05) is 34.3 Å². The van der Waals surface area contributed by atoms with Gasteiger partial charge in [0.15, 0.2) is 0 Å². The number of hydrogen-bond acceptors (Lipinski definition) is 2. The highest BCUT2D eigenvalue weighted by Gasteiger charge is 2.13. The van der Waals surface area contributed by atoms with E-state index in [1.807, 2.05) is 24.3 Å². The van der Waals surface area contributed by atoms with E-state index in [4.69, 9.17) is 17.3 Å². The van der Waals surface area contributed by atoms with Crippen molar-refractivity contribution in [1.82, 2.24) is 4.90 Å². The summed E-state index contributed by atoms with van der Waals surface area (Å²) in [5.74, 6) is -0.0642. The van der Waals surface area contributed by atoms with Gasteiger partial charge in [-0.25, -0.2) is 0 Å². The van der Waals surface area contributed by atoms with Crippen molar-refractivity contribution in [2.45, 2.75) is 6.54 Å². The van der Waals surface area contributed by atoms with Gasteiger partial charge in [0.05, 0.1) is 0 Å². The molecule has 0 atom stereocenters. The molecule has 0 bridgehead atoms. The Balaban J connectivity index is 2.14. The molecule has 2 N–H and O–H groups in total. The molecule has 0 aliphatic rings. The van der Waals surface area contributed by atoms with Crippen LogP contribution in [0.2, 0.25) is 5.02 Å². The van der Waals surface area contributed by atoms with E-state index in [0.717, 1.165) is 10.0 Å². The predicted molar refractivity (Wildman–Crippen MR) is 85.8 cm³/mol. The zero-order valence-corrected chi connectivity index (χ0v) is 13.3. The first-order valence-electron chi connectivity index (χ1n) is 6.02. The van der Waals surface area contributed by atoms with Gasteiger partial charge < -0.3 is 10.6 Å². The van der Waals surface area contributed by atoms with Crippen LogP contribution in [0, 0.1) is 0 Å². The quantitative estimate of drug-likeness (QED) is 0.849. The fourth-order valence-corrected chi connectivity index (χ4v) is 2.45. The third kappa shape index (κ3) is 3.52. The summed E-state index contributed by atoms with van der Waals surface area (Å²) in [7, 11) is 1.76. The lowest BCUT2D eigenvalue weighted by molar-refractivity contribution is 0.0785. The maximum atomic E-state index is 12.3. The summed E-state index contributed by atoms with van der Waals surface area (Å²) >= 11 is 9.27. The number of anilines is 1. The molecule has 5 heteroatoms. The summed E-state index contributed by atoms with van der Waals surface area (Å²) in [6.07, 6.45) is 0. The van der Waals surface area contributed by atoms with Gasteiger partial charge in [-0.05, 0) is 51.8 Å². The zero-order chi connectivity index (χ0) is 14.7. The lowest BCUT2D eigenvalue weighted by atomic mass is 10.1. The second-order valence-corrected chi connectivity index (χ2v) is 5.82. The van der Waals surface area contributed by atoms with Crippen molar-refractivity contribution in [3.05, 3.63) is 63.1 Å². The standard InChI is InChI=1S/C15H14BrClN2O/c1-19(9-10-3-2-4-12(17)7-10)15(20)11-5-6-14(18)13(16)8-11/h2-8H,9,18H2,1H3. The largest absolute Gasteiger partial charge is 0.398 e. The van der Waals surface area contributed by atoms with Gasteiger partial charge in [-0.3, -0.25) is 4.79 Å². The number of nitrogen functional groups attached to an aromatic ring is 1. The highest BCUT2D eigenvalue weighted by atomic mass is 79.9. The first kappa shape index (κ1) is 14.9. The molecular weight excluding hydrogens is 340 g/mol. The number of halogens is 2. The number of nitrogens with zero attached hydrogens (tertiary/aromatic N) is 1. The van der Waals surface area contributed by atoms with E-state index in [1.165, 1.54) is 0 Å². The Hall–Kier alpha value is -1.52. The summed E-state index contributed by atoms with van der Waals surface area (Å²) in [6.45, 7) is 0.501. The van der Waals surface area contributed by atoms with Gasteiger partial charge in [-0.2, -0.15) is 0 Å². The van der Waals surface area contributed by atoms with Gasteiger partial charge in [0.2, 0.25) is 0 Å². The minimum absolute atomic E-state index is 0.0642. The van der Waals surface area contributed by atoms with E-state index in [1.54, 1.807) is 30.1 Å². The van der Waals surface area contributed by atoms with Crippen molar-refractivity contribution in [3.63, 3.8) is 0 Å². The van der Waals surface area contributed by atoms with Crippen LogP contribution in [0.1, 0.15) is 15.9 Å². The van der Waals surface area contributed by atoms with Crippen molar-refractivity contribution >= 4 is 39.1 Å². The van der Waals surface area contributed by atoms with Gasteiger partial charge in [-0.1, -0.05) is 23.7 Å². The summed E-state index contributed by atoms with van der Waals surface area (Å²) in [5.41, 5.74) is 7.91. The van der Waals surface area contributed by atoms with Crippen LogP contribution in [0.25, 0.3) is 0 Å². The molecule has 1 amide bonds. The molecule has 0 heterocycles. The van der Waals surface area contributed by atoms with Crippen molar-refractivity contribution in [2.24, 2.45) is 0 Å². The molecule has 104 valence electrons. The molecule has 2 aromatic carbocycles. The maximum Gasteiger partial charge on any atom is 0.253 e. The van der Waals surface area contributed by atoms with Crippen LogP contribution < -0.4 is 5.73 Å². The van der Waals surface area contributed by atoms with Crippen molar-refractivity contribution < 1.29 is 4.79 Å². The van der Waals surface area contributed by atoms with Crippen LogP contribution in [-0.4, -0.2) is 17.9 Å². The Bertz CT molecular complexity index is 646. The SMILES string of the molecule is CN(Cc1cccc(Cl)c1)C(=O)c1ccc(N)c(Br)c1. The molecule has 2 aromatic rings. The molecule has 20 heavy (non-hydrogen) atoms. The van der Waals surface area contributed by atoms with E-state index in [-0.39, 0.29) is 5.91 Å². The number of carbonyl (C=O) groups excluding carboxylic acids is 1. The Labute approximate surface area is 131 Å². The van der Waals surface area contributed by atoms with Crippen LogP contribution in [-0.2, 0) is 6.54 Å². The molecule has 0 aliphatic carbocycles. The van der Waals surface area contributed by atoms with Crippen molar-refractivity contribution in [1.29, 1.82) is 0 Å². The normalized spacial score (nSPS) is 10.3. The molecule has 0 saturated carbocycles. The number of benzene rings is 2. The fraction of sp³-hybridized carbons (Fsp3) is 0.133. The maximum absolute atomic E-state index is 12.3. The van der Waals surface area contributed by atoms with E-state index >= 15 is 0 Å². The highest BCUT2D eigenvalue weighted by Crippen LogP contribution is 2.21. The molecular formula is C15H14BrClN2O. The van der Waals surface area contributed by atoms with Crippen LogP contribution in [0.5, 0.6) is 0 Å². The number of carbonyl (C=O) groups is 1. The minimum atomic E-state index is -0.0642. The van der Waals surface area contributed by atoms with Crippen LogP contribution in [0.15, 0.2) is 46.9 Å². The first-order valence-corrected chi connectivity index (χ1v) is 7.19. The summed E-state index contributed by atoms with van der Waals surface area (Å²) < 4.78 is 0.722. The average molecular weight is 354 g/mol. The summed E-state index contributed by atoms with van der Waals surface area (Å²) in [6, 6.07) is 12.6. The molecule has 0 fully saturated rings. The van der Waals surface area contributed by atoms with E-state index in [9.17, 15) is 4.79 Å². The number of amides is 1. The Morgan fingerprint density at radius 3 is 2.70 bits per heavy atom. The van der Waals surface area contributed by atoms with Crippen LogP contribution in [0.3, 0.4) is 0 Å². The Morgan fingerprint density at radius 1 is 1.30 bits per heavy atom. The second kappa shape index (κ2) is 6.29. The number of nitrogens with two attached hydrogens (primary N) is 1. The van der Waals surface area contributed by atoms with Gasteiger partial charge in [0.1, 0.15) is 0 Å². The van der Waals surface area contributed by atoms with Gasteiger partial charge in [0.25, 0.3) is 5.91 Å². The smallest absolute Gasteiger partial charge is 0.253 e. The van der Waals surface area contributed by atoms with E-state index in [2.05, 4.69) is 15.9 Å². The van der Waals surface area contributed by atoms with Crippen molar-refractivity contribution in [3.8, 4) is 0 Å². The third-order valence-electron chi connectivity index (χ3n) is 2.90. The van der Waals surface area contributed by atoms with Crippen LogP contribution >= 0.6 is 27.5 Å². The second-order valence-electron chi connectivity index (χ2n) is 4.53. The van der Waals surface area contributed by atoms with Crippen molar-refractivity contribution in [2.75, 3.05) is 12.8 Å². The minimum Gasteiger partial charge on any atom is -0.398 e. The highest BCUT2D eigenvalue weighted by molar-refractivity contribution is 9.10. The summed E-state index contributed by atoms with van der Waals surface area (Å²) in [5, 5.41) is 0.665. The van der Waals surface area contributed by atoms with E-state index < -0.39 is 0 Å². The number of hydrogen-bond donors (Lipinski definition) is 1. The lowest BCUT2D eigenvalue weighted by Crippen LogP contribution is -2.26. The first-order chi connectivity index (χ1) is 9.47. The topological polar surface area (TPSA) is 46.3 Å². The summed E-state index contributed by atoms with van der Waals surface area (Å²) in [4.78, 5) is 14.0. The molecule has 0 saturated heterocycles. The molecule has 0 aliphatic heterocycles. The predicted octanol–water partition coefficient (Wildman–Crippen LogP) is 3.96. The Morgan fingerprint density at radius 2 is 2.05 bits per heavy atom. The molecule has 3 nitrogen and oxygen atoms in total. The lowest BCUT2D eigenvalue weighted by Gasteiger charge is -2.18. The van der Waals surface area contributed by atoms with Gasteiger partial charge in [-0.15, -0.1) is 0 Å². The molecule has 0 aromatic heterocycles. The molecule has 0 spiro atoms. The number of rotatable bonds is 3. The third-order valence-corrected chi connectivity index (χ3v) is 3.82. The average Bonchev–Trinajstić information content (AvgIpc) is 2.41. The zero-order valence-electron chi connectivity index (χ0n) is 10.9. The monoisotopic (exact) mass is 352 g/mol. The van der Waals surface area contributed by atoms with Crippen LogP contribution in [0.4, 0.5) is 5.69 Å². The molecule has 0 unspecified atom stereocenters. The van der Waals surface area contributed by atoms with E-state index in [0.29, 0.717) is 22.8 Å². The fourth-order valence-electron chi connectivity index (χ4n) is 1.86. The molecule has 0 radical (unpaired) electrons. The van der Waals surface area contributed by atoms with Gasteiger partial charge >= 0.3 is 0 Å².